The van der Waals surface area contributed by atoms with Crippen LogP contribution >= 0.6 is 0 Å². The molecule has 0 aliphatic rings. The van der Waals surface area contributed by atoms with Crippen LogP contribution in [0.2, 0.25) is 0 Å². The van der Waals surface area contributed by atoms with Crippen molar-refractivity contribution in [3.8, 4) is 22.6 Å². The maximum absolute atomic E-state index is 11.3. The summed E-state index contributed by atoms with van der Waals surface area (Å²) < 4.78 is 0. The molecule has 2 aromatic heterocycles. The third kappa shape index (κ3) is 6.18. The fourth-order valence-corrected chi connectivity index (χ4v) is 7.02. The molecule has 54 heavy (non-hydrogen) atoms. The van der Waals surface area contributed by atoms with Crippen molar-refractivity contribution >= 4 is 77.0 Å². The largest absolute Gasteiger partial charge is 0.507 e. The summed E-state index contributed by atoms with van der Waals surface area (Å²) in [5.41, 5.74) is 17.3. The van der Waals surface area contributed by atoms with E-state index in [0.29, 0.717) is 0 Å². The molecule has 2 heterocycles. The predicted molar refractivity (Wildman–Crippen MR) is 219 cm³/mol. The van der Waals surface area contributed by atoms with Gasteiger partial charge >= 0.3 is 0 Å². The Hall–Kier alpha value is -7.58. The third-order valence-corrected chi connectivity index (χ3v) is 9.64. The Morgan fingerprint density at radius 1 is 0.407 bits per heavy atom. The zero-order chi connectivity index (χ0) is 37.3. The first-order valence-electron chi connectivity index (χ1n) is 17.3. The predicted octanol–water partition coefficient (Wildman–Crippen LogP) is 9.91. The highest BCUT2D eigenvalue weighted by atomic mass is 16.3. The van der Waals surface area contributed by atoms with Gasteiger partial charge in [-0.15, -0.1) is 0 Å². The van der Waals surface area contributed by atoms with E-state index in [1.807, 2.05) is 72.8 Å². The summed E-state index contributed by atoms with van der Waals surface area (Å²) in [6.45, 7) is 0. The minimum Gasteiger partial charge on any atom is -0.507 e. The van der Waals surface area contributed by atoms with Crippen LogP contribution in [-0.2, 0) is 0 Å². The van der Waals surface area contributed by atoms with Crippen LogP contribution in [0.4, 0.5) is 0 Å². The number of benzene rings is 8. The van der Waals surface area contributed by atoms with Gasteiger partial charge < -0.3 is 31.6 Å². The molecule has 8 N–H and O–H groups in total. The van der Waals surface area contributed by atoms with Crippen LogP contribution in [-0.4, -0.2) is 32.0 Å². The molecule has 0 unspecified atom stereocenters. The van der Waals surface area contributed by atoms with Gasteiger partial charge in [-0.05, 0) is 58.3 Å². The number of fused-ring (bicyclic) bond motifs is 10. The maximum atomic E-state index is 11.3. The number of hydrogen-bond acceptors (Lipinski definition) is 4. The lowest BCUT2D eigenvalue weighted by Gasteiger charge is -2.05. The highest BCUT2D eigenvalue weighted by Gasteiger charge is 2.14. The van der Waals surface area contributed by atoms with Crippen LogP contribution in [0.15, 0.2) is 158 Å². The van der Waals surface area contributed by atoms with E-state index < -0.39 is 11.8 Å². The van der Waals surface area contributed by atoms with Crippen LogP contribution in [0.5, 0.6) is 11.5 Å². The molecule has 0 aliphatic heterocycles. The molecule has 2 amide bonds. The number of aromatic nitrogens is 2. The van der Waals surface area contributed by atoms with Gasteiger partial charge in [0.25, 0.3) is 11.8 Å². The summed E-state index contributed by atoms with van der Waals surface area (Å²) in [5.74, 6) is -1.46. The fraction of sp³-hybridized carbons (Fsp3) is 0. The molecule has 0 saturated heterocycles. The van der Waals surface area contributed by atoms with Crippen molar-refractivity contribution in [3.05, 3.63) is 169 Å². The smallest absolute Gasteiger partial charge is 0.252 e. The number of nitrogens with two attached hydrogens (primary N) is 2. The average molecular weight is 707 g/mol. The van der Waals surface area contributed by atoms with Crippen LogP contribution in [0.3, 0.4) is 0 Å². The van der Waals surface area contributed by atoms with Crippen molar-refractivity contribution in [2.45, 2.75) is 0 Å². The molecule has 0 bridgehead atoms. The van der Waals surface area contributed by atoms with E-state index >= 15 is 0 Å². The highest BCUT2D eigenvalue weighted by molar-refractivity contribution is 6.19. The van der Waals surface area contributed by atoms with Crippen LogP contribution in [0.1, 0.15) is 20.7 Å². The molecule has 0 saturated carbocycles. The quantitative estimate of drug-likeness (QED) is 0.108. The second-order valence-electron chi connectivity index (χ2n) is 13.0. The van der Waals surface area contributed by atoms with Gasteiger partial charge in [0.05, 0.1) is 22.2 Å². The second kappa shape index (κ2) is 13.9. The Bertz CT molecular complexity index is 2820. The molecule has 8 heteroatoms. The summed E-state index contributed by atoms with van der Waals surface area (Å²) in [5, 5.41) is 27.9. The van der Waals surface area contributed by atoms with E-state index in [9.17, 15) is 19.8 Å². The first-order valence-corrected chi connectivity index (χ1v) is 17.3. The summed E-state index contributed by atoms with van der Waals surface area (Å²) in [4.78, 5) is 29.4. The van der Waals surface area contributed by atoms with E-state index in [-0.39, 0.29) is 22.6 Å². The number of carbonyl (C=O) groups is 2. The fourth-order valence-electron chi connectivity index (χ4n) is 7.02. The number of aromatic amines is 2. The summed E-state index contributed by atoms with van der Waals surface area (Å²) in [6, 6.07) is 51.2. The molecule has 10 aromatic rings. The summed E-state index contributed by atoms with van der Waals surface area (Å²) in [7, 11) is 0. The molecule has 0 atom stereocenters. The van der Waals surface area contributed by atoms with Crippen molar-refractivity contribution in [2.75, 3.05) is 0 Å². The van der Waals surface area contributed by atoms with E-state index in [4.69, 9.17) is 11.5 Å². The number of phenols is 2. The lowest BCUT2D eigenvalue weighted by molar-refractivity contribution is 0.0989. The van der Waals surface area contributed by atoms with Crippen molar-refractivity contribution in [3.63, 3.8) is 0 Å². The zero-order valence-electron chi connectivity index (χ0n) is 28.9. The Balaban J connectivity index is 0.000000120. The van der Waals surface area contributed by atoms with Crippen LogP contribution in [0, 0.1) is 0 Å². The monoisotopic (exact) mass is 706 g/mol. The average Bonchev–Trinajstić information content (AvgIpc) is 3.78. The standard InChI is InChI=1S/2C17H12N2O2.C12H10/c2*18-17(21)13-7-9-5-6-11-10-3-1-2-4-14(10)19-16(11)12(9)8-15(13)20;1-3-7-11(8-4-1)12-9-5-2-6-10-12/h2*1-8,19-20H,(H2,18,21);1-10H. The molecule has 0 spiro atoms. The number of para-hydroxylation sites is 2. The van der Waals surface area contributed by atoms with E-state index in [1.54, 1.807) is 24.3 Å². The Kier molecular flexibility index (Phi) is 8.61. The van der Waals surface area contributed by atoms with Crippen molar-refractivity contribution in [2.24, 2.45) is 11.5 Å². The Labute approximate surface area is 308 Å². The topological polar surface area (TPSA) is 158 Å². The minimum atomic E-state index is -0.633. The van der Waals surface area contributed by atoms with E-state index in [1.165, 1.54) is 11.1 Å². The molecule has 0 aliphatic carbocycles. The molecule has 0 fully saturated rings. The normalized spacial score (nSPS) is 11.0. The van der Waals surface area contributed by atoms with Gasteiger partial charge in [0.2, 0.25) is 0 Å². The molecule has 8 aromatic carbocycles. The minimum absolute atomic E-state index is 0.0962. The summed E-state index contributed by atoms with van der Waals surface area (Å²) in [6.07, 6.45) is 0. The lowest BCUT2D eigenvalue weighted by Crippen LogP contribution is -2.10. The number of amides is 2. The molecular formula is C46H34N4O4. The van der Waals surface area contributed by atoms with Gasteiger partial charge in [0.15, 0.2) is 0 Å². The van der Waals surface area contributed by atoms with Crippen molar-refractivity contribution in [1.29, 1.82) is 0 Å². The van der Waals surface area contributed by atoms with Crippen molar-refractivity contribution in [1.82, 2.24) is 9.97 Å². The second-order valence-corrected chi connectivity index (χ2v) is 13.0. The first-order chi connectivity index (χ1) is 26.3. The van der Waals surface area contributed by atoms with Gasteiger partial charge in [-0.25, -0.2) is 0 Å². The summed E-state index contributed by atoms with van der Waals surface area (Å²) >= 11 is 0. The molecule has 10 rings (SSSR count). The molecule has 262 valence electrons. The molecule has 0 radical (unpaired) electrons. The lowest BCUT2D eigenvalue weighted by atomic mass is 10.0. The van der Waals surface area contributed by atoms with Crippen LogP contribution < -0.4 is 11.5 Å². The SMILES string of the molecule is NC(=O)c1cc2ccc3c4ccccc4[nH]c3c2cc1O.NC(=O)c1cc2ccc3c4ccccc4[nH]c3c2cc1O.c1ccc(-c2ccccc2)cc1. The Morgan fingerprint density at radius 2 is 0.778 bits per heavy atom. The number of nitrogens with one attached hydrogen (secondary N) is 2. The van der Waals surface area contributed by atoms with E-state index in [0.717, 1.165) is 65.2 Å². The van der Waals surface area contributed by atoms with Gasteiger partial charge in [0, 0.05) is 43.4 Å². The first kappa shape index (κ1) is 33.6. The molecule has 8 nitrogen and oxygen atoms in total. The number of aromatic hydroxyl groups is 2. The Morgan fingerprint density at radius 3 is 1.17 bits per heavy atom. The molecular weight excluding hydrogens is 673 g/mol. The number of rotatable bonds is 3. The van der Waals surface area contributed by atoms with Gasteiger partial charge in [-0.2, -0.15) is 0 Å². The van der Waals surface area contributed by atoms with Gasteiger partial charge in [-0.1, -0.05) is 121 Å². The zero-order valence-corrected chi connectivity index (χ0v) is 28.9. The number of hydrogen-bond donors (Lipinski definition) is 6. The number of carbonyl (C=O) groups excluding carboxylic acids is 2. The highest BCUT2D eigenvalue weighted by Crippen LogP contribution is 2.35. The number of primary amides is 2. The third-order valence-electron chi connectivity index (χ3n) is 9.64. The van der Waals surface area contributed by atoms with Crippen molar-refractivity contribution < 1.29 is 19.8 Å². The van der Waals surface area contributed by atoms with Gasteiger partial charge in [0.1, 0.15) is 11.5 Å². The van der Waals surface area contributed by atoms with Gasteiger partial charge in [-0.3, -0.25) is 9.59 Å². The van der Waals surface area contributed by atoms with Crippen LogP contribution in [0.25, 0.3) is 76.3 Å². The maximum Gasteiger partial charge on any atom is 0.252 e. The van der Waals surface area contributed by atoms with E-state index in [2.05, 4.69) is 70.6 Å². The number of H-pyrrole nitrogens is 2.